The maximum absolute atomic E-state index is 10.8. The van der Waals surface area contributed by atoms with Crippen LogP contribution in [0, 0.1) is 0 Å². The summed E-state index contributed by atoms with van der Waals surface area (Å²) in [4.78, 5) is 21.5. The van der Waals surface area contributed by atoms with Gasteiger partial charge in [-0.2, -0.15) is 0 Å². The Morgan fingerprint density at radius 2 is 0.778 bits per heavy atom. The molecule has 88 valence electrons. The summed E-state index contributed by atoms with van der Waals surface area (Å²) in [5.74, 6) is 3.45. The molecule has 0 N–H and O–H groups in total. The first-order valence-corrected chi connectivity index (χ1v) is 5.40. The number of hydrogen-bond acceptors (Lipinski definition) is 2. The second-order valence-corrected chi connectivity index (χ2v) is 3.29. The minimum absolute atomic E-state index is 0.177. The highest BCUT2D eigenvalue weighted by atomic mass is 16.1. The van der Waals surface area contributed by atoms with Gasteiger partial charge < -0.3 is 0 Å². The van der Waals surface area contributed by atoms with Gasteiger partial charge in [-0.05, 0) is 12.1 Å². The molecule has 18 heavy (non-hydrogen) atoms. The van der Waals surface area contributed by atoms with Crippen LogP contribution in [0.3, 0.4) is 0 Å². The Balaban J connectivity index is 3.66. The highest BCUT2D eigenvalue weighted by Crippen LogP contribution is 1.77. The molecule has 0 atom stereocenters. The highest BCUT2D eigenvalue weighted by Gasteiger charge is 1.78. The van der Waals surface area contributed by atoms with Crippen LogP contribution in [-0.4, -0.2) is 11.9 Å². The van der Waals surface area contributed by atoms with Gasteiger partial charge in [0.05, 0.1) is 10.4 Å². The number of carbonyl (C=O) groups excluding carboxylic acids is 2. The minimum Gasteiger partial charge on any atom is -0.233 e. The Bertz CT molecular complexity index is 604. The van der Waals surface area contributed by atoms with E-state index in [2.05, 4.69) is 0 Å². The fourth-order valence-corrected chi connectivity index (χ4v) is 1.17. The van der Waals surface area contributed by atoms with Crippen LogP contribution in [0.4, 0.5) is 0 Å². The monoisotopic (exact) mass is 236 g/mol. The van der Waals surface area contributed by atoms with E-state index in [0.717, 1.165) is 0 Å². The molecule has 0 radical (unpaired) electrons. The van der Waals surface area contributed by atoms with Gasteiger partial charge in [0, 0.05) is 0 Å². The molecular weight excluding hydrogens is 224 g/mol. The Morgan fingerprint density at radius 1 is 0.500 bits per heavy atom. The van der Waals surface area contributed by atoms with Crippen LogP contribution in [0.2, 0.25) is 0 Å². The van der Waals surface area contributed by atoms with Gasteiger partial charge in [-0.1, -0.05) is 60.7 Å². The van der Waals surface area contributed by atoms with Gasteiger partial charge in [0.2, 0.25) is 0 Å². The standard InChI is InChI=1S/C16H12O2/c17-13-15-11-9-7-5-3-1-2-4-6-8-10-12-16(15)14-18/h1-12H. The summed E-state index contributed by atoms with van der Waals surface area (Å²) in [5.41, 5.74) is 0. The van der Waals surface area contributed by atoms with Crippen LogP contribution < -0.4 is 10.4 Å². The van der Waals surface area contributed by atoms with Crippen molar-refractivity contribution in [2.24, 2.45) is 0 Å². The smallest absolute Gasteiger partial charge is 0.133 e. The zero-order chi connectivity index (χ0) is 13.1. The van der Waals surface area contributed by atoms with Crippen molar-refractivity contribution >= 4 is 11.9 Å². The van der Waals surface area contributed by atoms with E-state index in [9.17, 15) is 9.59 Å². The topological polar surface area (TPSA) is 34.1 Å². The molecular formula is C16H12O2. The lowest BCUT2D eigenvalue weighted by atomic mass is 10.3. The maximum atomic E-state index is 10.8. The average Bonchev–Trinajstić information content (AvgIpc) is 2.40. The first kappa shape index (κ1) is 13.4. The van der Waals surface area contributed by atoms with Gasteiger partial charge in [0.1, 0.15) is 11.9 Å². The quantitative estimate of drug-likeness (QED) is 0.672. The van der Waals surface area contributed by atoms with Crippen molar-refractivity contribution in [3.8, 4) is 0 Å². The van der Waals surface area contributed by atoms with Crippen LogP contribution in [0.15, 0.2) is 72.8 Å². The summed E-state index contributed by atoms with van der Waals surface area (Å²) < 4.78 is 0. The third kappa shape index (κ3) is 4.91. The summed E-state index contributed by atoms with van der Waals surface area (Å²) >= 11 is 0. The van der Waals surface area contributed by atoms with E-state index in [1.807, 2.05) is 36.4 Å². The van der Waals surface area contributed by atoms with Crippen molar-refractivity contribution in [2.45, 2.75) is 0 Å². The van der Waals surface area contributed by atoms with Crippen LogP contribution in [0.1, 0.15) is 0 Å². The molecule has 0 aromatic heterocycles. The van der Waals surface area contributed by atoms with Crippen molar-refractivity contribution in [1.82, 2.24) is 0 Å². The molecule has 0 amide bonds. The summed E-state index contributed by atoms with van der Waals surface area (Å²) in [6.07, 6.45) is 0. The Morgan fingerprint density at radius 3 is 1.06 bits per heavy atom. The summed E-state index contributed by atoms with van der Waals surface area (Å²) in [6.45, 7) is 0. The van der Waals surface area contributed by atoms with E-state index in [1.165, 1.54) is 12.1 Å². The Hall–Kier alpha value is -2.66. The molecule has 0 fully saturated rings. The fraction of sp³-hybridized carbons (Fsp3) is 0. The second kappa shape index (κ2) is 8.49. The molecule has 0 aliphatic rings. The Labute approximate surface area is 105 Å². The number of hydrogen-bond donors (Lipinski definition) is 0. The van der Waals surface area contributed by atoms with E-state index < -0.39 is 0 Å². The molecule has 0 saturated carbocycles. The molecule has 0 unspecified atom stereocenters. The summed E-state index contributed by atoms with van der Waals surface area (Å²) in [6, 6.07) is 21.0. The molecule has 0 saturated heterocycles. The van der Waals surface area contributed by atoms with Gasteiger partial charge in [-0.3, -0.25) is 0 Å². The molecule has 0 spiro atoms. The first-order chi connectivity index (χ1) is 8.88. The van der Waals surface area contributed by atoms with E-state index in [-0.39, 0.29) is 10.4 Å². The molecule has 2 nitrogen and oxygen atoms in total. The van der Waals surface area contributed by atoms with Gasteiger partial charge in [-0.25, -0.2) is 9.59 Å². The second-order valence-electron chi connectivity index (χ2n) is 3.29. The van der Waals surface area contributed by atoms with E-state index >= 15 is 0 Å². The third-order valence-electron chi connectivity index (χ3n) is 2.04. The largest absolute Gasteiger partial charge is 0.233 e. The zero-order valence-corrected chi connectivity index (χ0v) is 9.74. The van der Waals surface area contributed by atoms with Crippen molar-refractivity contribution in [2.75, 3.05) is 0 Å². The van der Waals surface area contributed by atoms with E-state index in [1.54, 1.807) is 36.1 Å². The van der Waals surface area contributed by atoms with Crippen LogP contribution in [0.25, 0.3) is 0 Å². The van der Waals surface area contributed by atoms with Crippen molar-refractivity contribution in [1.29, 1.82) is 0 Å². The van der Waals surface area contributed by atoms with E-state index in [4.69, 9.17) is 0 Å². The molecule has 0 aliphatic carbocycles. The van der Waals surface area contributed by atoms with Gasteiger partial charge in [0.15, 0.2) is 0 Å². The lowest BCUT2D eigenvalue weighted by molar-refractivity contribution is 0.564. The fourth-order valence-electron chi connectivity index (χ4n) is 1.17. The van der Waals surface area contributed by atoms with Crippen LogP contribution >= 0.6 is 0 Å². The predicted octanol–water partition coefficient (Wildman–Crippen LogP) is 0.942. The maximum Gasteiger partial charge on any atom is 0.133 e. The molecule has 1 aromatic rings. The SMILES string of the molecule is O=C=c1ccccccccccccc1=C=O. The van der Waals surface area contributed by atoms with Crippen molar-refractivity contribution in [3.63, 3.8) is 0 Å². The Kier molecular flexibility index (Phi) is 6.32. The lowest BCUT2D eigenvalue weighted by Crippen LogP contribution is -2.24. The summed E-state index contributed by atoms with van der Waals surface area (Å²) in [5, 5.41) is 0.353. The van der Waals surface area contributed by atoms with Gasteiger partial charge >= 0.3 is 0 Å². The highest BCUT2D eigenvalue weighted by molar-refractivity contribution is 5.53. The van der Waals surface area contributed by atoms with E-state index in [0.29, 0.717) is 0 Å². The van der Waals surface area contributed by atoms with Crippen LogP contribution in [-0.2, 0) is 9.59 Å². The van der Waals surface area contributed by atoms with Crippen molar-refractivity contribution < 1.29 is 9.59 Å². The zero-order valence-electron chi connectivity index (χ0n) is 9.74. The molecule has 2 heteroatoms. The molecule has 0 bridgehead atoms. The van der Waals surface area contributed by atoms with Crippen LogP contribution in [0.5, 0.6) is 0 Å². The number of rotatable bonds is 0. The molecule has 0 aliphatic heterocycles. The first-order valence-electron chi connectivity index (χ1n) is 5.40. The molecule has 1 rings (SSSR count). The summed E-state index contributed by atoms with van der Waals surface area (Å²) in [7, 11) is 0. The molecule has 1 aromatic carbocycles. The predicted molar refractivity (Wildman–Crippen MR) is 70.5 cm³/mol. The molecule has 0 heterocycles. The third-order valence-corrected chi connectivity index (χ3v) is 2.04. The average molecular weight is 236 g/mol. The normalized spacial score (nSPS) is 8.00. The van der Waals surface area contributed by atoms with Gasteiger partial charge in [-0.15, -0.1) is 0 Å². The van der Waals surface area contributed by atoms with Gasteiger partial charge in [0.25, 0.3) is 0 Å². The minimum atomic E-state index is 0.177. The lowest BCUT2D eigenvalue weighted by Gasteiger charge is -1.73. The van der Waals surface area contributed by atoms with Crippen molar-refractivity contribution in [3.05, 3.63) is 83.2 Å².